The van der Waals surface area contributed by atoms with Crippen LogP contribution < -0.4 is 4.46 Å². The van der Waals surface area contributed by atoms with E-state index in [0.29, 0.717) is 0 Å². The van der Waals surface area contributed by atoms with Gasteiger partial charge < -0.3 is 0 Å². The average Bonchev–Trinajstić information content (AvgIpc) is 2.21. The van der Waals surface area contributed by atoms with Gasteiger partial charge in [-0.15, -0.1) is 0 Å². The summed E-state index contributed by atoms with van der Waals surface area (Å²) in [5, 5.41) is 0. The summed E-state index contributed by atoms with van der Waals surface area (Å²) in [6.45, 7) is 2.06. The number of ether oxygens (including phenoxy) is 1. The zero-order chi connectivity index (χ0) is 10.4. The Morgan fingerprint density at radius 3 is 2.57 bits per heavy atom. The fourth-order valence-electron chi connectivity index (χ4n) is 0.853. The normalized spacial score (nSPS) is 10.4. The first-order valence-electron chi connectivity index (χ1n) is 4.20. The van der Waals surface area contributed by atoms with E-state index >= 15 is 0 Å². The molecule has 0 saturated heterocycles. The number of rotatable bonds is 3. The van der Waals surface area contributed by atoms with Crippen LogP contribution in [0.1, 0.15) is 5.56 Å². The number of esters is 1. The van der Waals surface area contributed by atoms with E-state index in [2.05, 4.69) is 35.9 Å². The maximum absolute atomic E-state index is 10.8. The molecule has 0 radical (unpaired) electrons. The molecule has 2 nitrogen and oxygen atoms in total. The van der Waals surface area contributed by atoms with Crippen LogP contribution in [0.5, 0.6) is 0 Å². The molecule has 1 aromatic carbocycles. The third kappa shape index (κ3) is 3.77. The second-order valence-corrected chi connectivity index (χ2v) is 4.81. The van der Waals surface area contributed by atoms with Gasteiger partial charge in [0, 0.05) is 0 Å². The van der Waals surface area contributed by atoms with Gasteiger partial charge in [0.15, 0.2) is 0 Å². The molecule has 0 atom stereocenters. The van der Waals surface area contributed by atoms with Crippen LogP contribution in [0.4, 0.5) is 0 Å². The Hall–Kier alpha value is -1.05. The van der Waals surface area contributed by atoms with E-state index in [4.69, 9.17) is 0 Å². The Morgan fingerprint density at radius 1 is 1.36 bits per heavy atom. The molecule has 0 amide bonds. The van der Waals surface area contributed by atoms with Crippen molar-refractivity contribution in [2.75, 3.05) is 7.11 Å². The number of aryl methyl sites for hydroxylation is 1. The van der Waals surface area contributed by atoms with Gasteiger partial charge in [-0.1, -0.05) is 0 Å². The second-order valence-electron chi connectivity index (χ2n) is 2.76. The van der Waals surface area contributed by atoms with E-state index < -0.39 is 0 Å². The number of methoxy groups -OCH3 is 1. The van der Waals surface area contributed by atoms with E-state index in [9.17, 15) is 4.79 Å². The topological polar surface area (TPSA) is 26.3 Å². The van der Waals surface area contributed by atoms with Gasteiger partial charge in [-0.05, 0) is 0 Å². The molecule has 0 aliphatic rings. The molecule has 1 aromatic rings. The Morgan fingerprint density at radius 2 is 2.00 bits per heavy atom. The van der Waals surface area contributed by atoms with Crippen molar-refractivity contribution >= 4 is 25.4 Å². The van der Waals surface area contributed by atoms with Crippen molar-refractivity contribution in [3.63, 3.8) is 0 Å². The molecule has 3 heteroatoms. The van der Waals surface area contributed by atoms with Gasteiger partial charge >= 0.3 is 89.8 Å². The van der Waals surface area contributed by atoms with Crippen LogP contribution in [0.25, 0.3) is 0 Å². The zero-order valence-electron chi connectivity index (χ0n) is 8.19. The average molecular weight is 255 g/mol. The molecular weight excluding hydrogens is 243 g/mol. The third-order valence-electron chi connectivity index (χ3n) is 1.63. The Labute approximate surface area is 90.1 Å². The van der Waals surface area contributed by atoms with Crippen LogP contribution in [0.3, 0.4) is 0 Å². The monoisotopic (exact) mass is 256 g/mol. The molecule has 0 heterocycles. The van der Waals surface area contributed by atoms with Crippen LogP contribution >= 0.6 is 0 Å². The summed E-state index contributed by atoms with van der Waals surface area (Å²) in [6.07, 6.45) is 1.47. The molecule has 0 aliphatic heterocycles. The zero-order valence-corrected chi connectivity index (χ0v) is 9.90. The summed E-state index contributed by atoms with van der Waals surface area (Å²) in [4.78, 5) is 12.6. The SMILES string of the molecule is COC(=O)/C=C/[Se]c1ccc(C)cc1. The summed E-state index contributed by atoms with van der Waals surface area (Å²) in [5.41, 5.74) is 1.25. The van der Waals surface area contributed by atoms with Gasteiger partial charge in [-0.25, -0.2) is 0 Å². The molecule has 0 N–H and O–H groups in total. The van der Waals surface area contributed by atoms with Crippen LogP contribution in [-0.2, 0) is 9.53 Å². The van der Waals surface area contributed by atoms with Gasteiger partial charge in [0.1, 0.15) is 0 Å². The Kier molecular flexibility index (Phi) is 4.44. The van der Waals surface area contributed by atoms with Crippen molar-refractivity contribution in [1.29, 1.82) is 0 Å². The number of carbonyl (C=O) groups excluding carboxylic acids is 1. The molecule has 1 rings (SSSR count). The summed E-state index contributed by atoms with van der Waals surface area (Å²) < 4.78 is 5.74. The van der Waals surface area contributed by atoms with Crippen molar-refractivity contribution in [2.24, 2.45) is 0 Å². The van der Waals surface area contributed by atoms with E-state index in [1.54, 1.807) is 0 Å². The summed E-state index contributed by atoms with van der Waals surface area (Å²) in [5.74, 6) is -0.293. The van der Waals surface area contributed by atoms with Gasteiger partial charge in [-0.3, -0.25) is 0 Å². The Balaban J connectivity index is 2.49. The molecule has 0 aliphatic carbocycles. The number of hydrogen-bond acceptors (Lipinski definition) is 2. The van der Waals surface area contributed by atoms with Crippen LogP contribution in [0.15, 0.2) is 35.3 Å². The predicted molar refractivity (Wildman–Crippen MR) is 57.7 cm³/mol. The van der Waals surface area contributed by atoms with E-state index in [1.807, 2.05) is 4.97 Å². The third-order valence-corrected chi connectivity index (χ3v) is 3.34. The standard InChI is InChI=1S/C11H12O2Se/c1-9-3-5-10(6-4-9)14-8-7-11(12)13-2/h3-8H,1-2H3/b8-7+. The molecule has 0 aromatic heterocycles. The molecular formula is C11H12O2Se. The van der Waals surface area contributed by atoms with Crippen molar-refractivity contribution in [2.45, 2.75) is 6.92 Å². The molecule has 0 bridgehead atoms. The maximum atomic E-state index is 10.8. The van der Waals surface area contributed by atoms with E-state index in [1.165, 1.54) is 23.2 Å². The van der Waals surface area contributed by atoms with Gasteiger partial charge in [0.25, 0.3) is 0 Å². The molecule has 0 saturated carbocycles. The van der Waals surface area contributed by atoms with Gasteiger partial charge in [-0.2, -0.15) is 0 Å². The first kappa shape index (κ1) is 11.0. The van der Waals surface area contributed by atoms with Crippen molar-refractivity contribution < 1.29 is 9.53 Å². The molecule has 14 heavy (non-hydrogen) atoms. The van der Waals surface area contributed by atoms with Gasteiger partial charge in [0.05, 0.1) is 0 Å². The Bertz CT molecular complexity index is 328. The van der Waals surface area contributed by atoms with Crippen molar-refractivity contribution in [3.8, 4) is 0 Å². The first-order chi connectivity index (χ1) is 6.72. The number of hydrogen-bond donors (Lipinski definition) is 0. The van der Waals surface area contributed by atoms with E-state index in [-0.39, 0.29) is 20.9 Å². The van der Waals surface area contributed by atoms with Crippen molar-refractivity contribution in [3.05, 3.63) is 40.9 Å². The predicted octanol–water partition coefficient (Wildman–Crippen LogP) is 1.01. The first-order valence-corrected chi connectivity index (χ1v) is 6.05. The van der Waals surface area contributed by atoms with Crippen LogP contribution in [0, 0.1) is 6.92 Å². The fourth-order valence-corrected chi connectivity index (χ4v) is 2.17. The van der Waals surface area contributed by atoms with Crippen LogP contribution in [-0.4, -0.2) is 28.0 Å². The molecule has 0 fully saturated rings. The van der Waals surface area contributed by atoms with E-state index in [0.717, 1.165) is 0 Å². The molecule has 74 valence electrons. The summed E-state index contributed by atoms with van der Waals surface area (Å²) in [6, 6.07) is 8.31. The minimum absolute atomic E-state index is 0.210. The fraction of sp³-hybridized carbons (Fsp3) is 0.182. The molecule has 0 spiro atoms. The number of benzene rings is 1. The molecule has 0 unspecified atom stereocenters. The van der Waals surface area contributed by atoms with Gasteiger partial charge in [0.2, 0.25) is 0 Å². The van der Waals surface area contributed by atoms with Crippen molar-refractivity contribution in [1.82, 2.24) is 0 Å². The summed E-state index contributed by atoms with van der Waals surface area (Å²) in [7, 11) is 1.38. The van der Waals surface area contributed by atoms with Crippen LogP contribution in [0.2, 0.25) is 0 Å². The second kappa shape index (κ2) is 5.63. The number of carbonyl (C=O) groups is 1. The minimum atomic E-state index is -0.293. The summed E-state index contributed by atoms with van der Waals surface area (Å²) >= 11 is 0.210. The quantitative estimate of drug-likeness (QED) is 0.458.